The summed E-state index contributed by atoms with van der Waals surface area (Å²) in [6.45, 7) is 6.16. The van der Waals surface area contributed by atoms with Gasteiger partial charge in [0, 0.05) is 4.88 Å². The van der Waals surface area contributed by atoms with Crippen molar-refractivity contribution >= 4 is 44.3 Å². The van der Waals surface area contributed by atoms with Crippen molar-refractivity contribution in [3.05, 3.63) is 43.7 Å². The van der Waals surface area contributed by atoms with Gasteiger partial charge in [-0.3, -0.25) is 4.79 Å². The zero-order valence-electron chi connectivity index (χ0n) is 18.3. The van der Waals surface area contributed by atoms with Gasteiger partial charge in [0.1, 0.15) is 22.7 Å². The maximum Gasteiger partial charge on any atom is 0.266 e. The molecule has 1 amide bonds. The molecule has 2 aromatic rings. The minimum Gasteiger partial charge on any atom is -0.490 e. The summed E-state index contributed by atoms with van der Waals surface area (Å²) in [6, 6.07) is 7.70. The van der Waals surface area contributed by atoms with Crippen LogP contribution in [0.1, 0.15) is 55.2 Å². The molecule has 1 heterocycles. The Labute approximate surface area is 200 Å². The Balaban J connectivity index is 1.91. The predicted octanol–water partition coefficient (Wildman–Crippen LogP) is 5.99. The first-order valence-corrected chi connectivity index (χ1v) is 12.1. The fourth-order valence-electron chi connectivity index (χ4n) is 3.54. The summed E-state index contributed by atoms with van der Waals surface area (Å²) in [5, 5.41) is 22.5. The second-order valence-corrected chi connectivity index (χ2v) is 9.54. The van der Waals surface area contributed by atoms with Crippen molar-refractivity contribution in [3.63, 3.8) is 0 Å². The lowest BCUT2D eigenvalue weighted by Crippen LogP contribution is -2.13. The van der Waals surface area contributed by atoms with E-state index in [0.717, 1.165) is 36.1 Å². The second kappa shape index (κ2) is 10.7. The number of hydrogen-bond donors (Lipinski definition) is 1. The number of fused-ring (bicyclic) bond motifs is 1. The highest BCUT2D eigenvalue weighted by atomic mass is 79.9. The number of anilines is 1. The van der Waals surface area contributed by atoms with E-state index in [-0.39, 0.29) is 11.7 Å². The molecule has 0 spiro atoms. The molecule has 1 N–H and O–H groups in total. The van der Waals surface area contributed by atoms with Gasteiger partial charge >= 0.3 is 0 Å². The van der Waals surface area contributed by atoms with Gasteiger partial charge in [0.25, 0.3) is 5.91 Å². The van der Waals surface area contributed by atoms with Crippen molar-refractivity contribution in [2.45, 2.75) is 52.6 Å². The Bertz CT molecular complexity index is 1140. The average molecular weight is 514 g/mol. The Hall–Kier alpha value is -2.81. The van der Waals surface area contributed by atoms with E-state index in [4.69, 9.17) is 9.47 Å². The maximum atomic E-state index is 12.9. The highest BCUT2D eigenvalue weighted by molar-refractivity contribution is 9.10. The van der Waals surface area contributed by atoms with Crippen molar-refractivity contribution in [2.24, 2.45) is 0 Å². The van der Waals surface area contributed by atoms with Crippen LogP contribution in [0.5, 0.6) is 11.5 Å². The largest absolute Gasteiger partial charge is 0.490 e. The lowest BCUT2D eigenvalue weighted by molar-refractivity contribution is -0.112. The number of nitriles is 2. The van der Waals surface area contributed by atoms with E-state index in [9.17, 15) is 15.3 Å². The molecule has 166 valence electrons. The molecule has 0 aliphatic heterocycles. The molecule has 8 heteroatoms. The molecule has 6 nitrogen and oxygen atoms in total. The summed E-state index contributed by atoms with van der Waals surface area (Å²) in [6.07, 6.45) is 5.36. The number of benzene rings is 1. The molecule has 1 aromatic carbocycles. The van der Waals surface area contributed by atoms with Crippen molar-refractivity contribution in [1.82, 2.24) is 0 Å². The van der Waals surface area contributed by atoms with Crippen LogP contribution in [0.4, 0.5) is 5.00 Å². The molecule has 0 saturated carbocycles. The molecular formula is C24H24BrN3O3S. The quantitative estimate of drug-likeness (QED) is 0.362. The molecule has 0 radical (unpaired) electrons. The first-order valence-electron chi connectivity index (χ1n) is 10.5. The number of halogens is 1. The SMILES string of the molecule is CCOc1cc(/C=C(\C#N)C(=O)Nc2sc3c(c2C#N)CCCC3)cc(Br)c1OC(C)C. The fourth-order valence-corrected chi connectivity index (χ4v) is 5.33. The molecular weight excluding hydrogens is 490 g/mol. The Morgan fingerprint density at radius 1 is 1.31 bits per heavy atom. The zero-order chi connectivity index (χ0) is 23.3. The van der Waals surface area contributed by atoms with Gasteiger partial charge in [-0.1, -0.05) is 0 Å². The molecule has 0 atom stereocenters. The zero-order valence-corrected chi connectivity index (χ0v) is 20.7. The molecule has 0 fully saturated rings. The second-order valence-electron chi connectivity index (χ2n) is 7.58. The summed E-state index contributed by atoms with van der Waals surface area (Å²) < 4.78 is 12.2. The number of amides is 1. The van der Waals surface area contributed by atoms with E-state index in [1.807, 2.05) is 26.8 Å². The van der Waals surface area contributed by atoms with Gasteiger partial charge in [0.05, 0.1) is 22.7 Å². The van der Waals surface area contributed by atoms with Crippen LogP contribution in [0.15, 0.2) is 22.2 Å². The van der Waals surface area contributed by atoms with Crippen LogP contribution >= 0.6 is 27.3 Å². The van der Waals surface area contributed by atoms with Crippen molar-refractivity contribution < 1.29 is 14.3 Å². The monoisotopic (exact) mass is 513 g/mol. The molecule has 1 aliphatic rings. The van der Waals surface area contributed by atoms with E-state index in [1.165, 1.54) is 17.4 Å². The van der Waals surface area contributed by atoms with Gasteiger partial charge in [-0.25, -0.2) is 0 Å². The highest BCUT2D eigenvalue weighted by Crippen LogP contribution is 2.39. The Kier molecular flexibility index (Phi) is 7.95. The summed E-state index contributed by atoms with van der Waals surface area (Å²) in [5.41, 5.74) is 2.11. The summed E-state index contributed by atoms with van der Waals surface area (Å²) in [5.74, 6) is 0.557. The third kappa shape index (κ3) is 5.32. The van der Waals surface area contributed by atoms with Crippen LogP contribution in [-0.4, -0.2) is 18.6 Å². The van der Waals surface area contributed by atoms with Crippen LogP contribution in [0.3, 0.4) is 0 Å². The first kappa shape index (κ1) is 23.8. The number of hydrogen-bond acceptors (Lipinski definition) is 6. The van der Waals surface area contributed by atoms with Crippen molar-refractivity contribution in [1.29, 1.82) is 10.5 Å². The molecule has 1 aromatic heterocycles. The molecule has 3 rings (SSSR count). The van der Waals surface area contributed by atoms with Crippen LogP contribution in [0, 0.1) is 22.7 Å². The number of aryl methyl sites for hydroxylation is 1. The molecule has 1 aliphatic carbocycles. The number of carbonyl (C=O) groups is 1. The number of carbonyl (C=O) groups excluding carboxylic acids is 1. The van der Waals surface area contributed by atoms with Gasteiger partial charge in [0.15, 0.2) is 11.5 Å². The number of rotatable bonds is 7. The van der Waals surface area contributed by atoms with Crippen LogP contribution in [0.2, 0.25) is 0 Å². The van der Waals surface area contributed by atoms with Crippen LogP contribution in [0.25, 0.3) is 6.08 Å². The topological polar surface area (TPSA) is 95.1 Å². The van der Waals surface area contributed by atoms with E-state index < -0.39 is 5.91 Å². The number of nitrogens with one attached hydrogen (secondary N) is 1. The van der Waals surface area contributed by atoms with Gasteiger partial charge in [-0.05, 0) is 91.7 Å². The number of ether oxygens (including phenoxy) is 2. The lowest BCUT2D eigenvalue weighted by Gasteiger charge is -2.17. The Morgan fingerprint density at radius 2 is 2.06 bits per heavy atom. The molecule has 0 saturated heterocycles. The van der Waals surface area contributed by atoms with Gasteiger partial charge in [-0.2, -0.15) is 10.5 Å². The first-order chi connectivity index (χ1) is 15.4. The normalized spacial score (nSPS) is 13.2. The minimum atomic E-state index is -0.542. The van der Waals surface area contributed by atoms with E-state index in [2.05, 4.69) is 27.3 Å². The molecule has 32 heavy (non-hydrogen) atoms. The van der Waals surface area contributed by atoms with Crippen molar-refractivity contribution in [3.8, 4) is 23.6 Å². The summed E-state index contributed by atoms with van der Waals surface area (Å²) in [4.78, 5) is 14.0. The standard InChI is InChI=1S/C24H24BrN3O3S/c1-4-30-20-11-15(10-19(25)22(20)31-14(2)3)9-16(12-26)23(29)28-24-18(13-27)17-7-5-6-8-21(17)32-24/h9-11,14H,4-8H2,1-3H3,(H,28,29)/b16-9+. The number of thiophene rings is 1. The van der Waals surface area contributed by atoms with Crippen molar-refractivity contribution in [2.75, 3.05) is 11.9 Å². The van der Waals surface area contributed by atoms with E-state index in [1.54, 1.807) is 12.1 Å². The van der Waals surface area contributed by atoms with E-state index >= 15 is 0 Å². The average Bonchev–Trinajstić information content (AvgIpc) is 3.11. The fraction of sp³-hybridized carbons (Fsp3) is 0.375. The minimum absolute atomic E-state index is 0.0432. The lowest BCUT2D eigenvalue weighted by atomic mass is 9.96. The van der Waals surface area contributed by atoms with E-state index in [0.29, 0.717) is 38.7 Å². The Morgan fingerprint density at radius 3 is 2.72 bits per heavy atom. The molecule has 0 bridgehead atoms. The maximum absolute atomic E-state index is 12.9. The predicted molar refractivity (Wildman–Crippen MR) is 129 cm³/mol. The third-order valence-corrected chi connectivity index (χ3v) is 6.67. The highest BCUT2D eigenvalue weighted by Gasteiger charge is 2.23. The van der Waals surface area contributed by atoms with Gasteiger partial charge in [0.2, 0.25) is 0 Å². The summed E-state index contributed by atoms with van der Waals surface area (Å²) >= 11 is 4.93. The smallest absolute Gasteiger partial charge is 0.266 e. The third-order valence-electron chi connectivity index (χ3n) is 4.87. The van der Waals surface area contributed by atoms with Gasteiger partial charge in [-0.15, -0.1) is 11.3 Å². The van der Waals surface area contributed by atoms with Gasteiger partial charge < -0.3 is 14.8 Å². The number of nitrogens with zero attached hydrogens (tertiary/aromatic N) is 2. The molecule has 0 unspecified atom stereocenters. The van der Waals surface area contributed by atoms with Crippen LogP contribution < -0.4 is 14.8 Å². The van der Waals surface area contributed by atoms with Crippen LogP contribution in [-0.2, 0) is 17.6 Å². The summed E-state index contributed by atoms with van der Waals surface area (Å²) in [7, 11) is 0.